The average molecular weight is 287 g/mol. The minimum absolute atomic E-state index is 0.260. The Morgan fingerprint density at radius 3 is 2.37 bits per heavy atom. The summed E-state index contributed by atoms with van der Waals surface area (Å²) < 4.78 is 22.4. The van der Waals surface area contributed by atoms with E-state index in [0.29, 0.717) is 23.9 Å². The summed E-state index contributed by atoms with van der Waals surface area (Å²) >= 11 is 0. The normalized spacial score (nSPS) is 12.3. The van der Waals surface area contributed by atoms with E-state index < -0.39 is 14.6 Å². The number of nitrogens with one attached hydrogen (secondary N) is 2. The lowest BCUT2D eigenvalue weighted by atomic mass is 10.2. The Labute approximate surface area is 113 Å². The number of nitrogen functional groups attached to an aromatic ring is 1. The van der Waals surface area contributed by atoms with Crippen LogP contribution in [0.4, 0.5) is 11.6 Å². The molecule has 0 aliphatic heterocycles. The molecule has 0 spiro atoms. The average Bonchev–Trinajstić information content (AvgIpc) is 2.34. The van der Waals surface area contributed by atoms with Crippen molar-refractivity contribution >= 4 is 21.5 Å². The molecule has 0 amide bonds. The number of hydrogen-bond donors (Lipinski definition) is 3. The second-order valence-electron chi connectivity index (χ2n) is 4.94. The van der Waals surface area contributed by atoms with Crippen LogP contribution in [0.5, 0.6) is 0 Å². The lowest BCUT2D eigenvalue weighted by Crippen LogP contribution is -2.38. The van der Waals surface area contributed by atoms with Gasteiger partial charge in [0.05, 0.1) is 4.75 Å². The molecule has 0 bridgehead atoms. The molecule has 1 heterocycles. The molecule has 0 unspecified atom stereocenters. The summed E-state index contributed by atoms with van der Waals surface area (Å²) in [6.07, 6.45) is 1.89. The van der Waals surface area contributed by atoms with Gasteiger partial charge >= 0.3 is 0 Å². The quantitative estimate of drug-likeness (QED) is 0.518. The summed E-state index contributed by atoms with van der Waals surface area (Å²) in [4.78, 5) is 8.43. The third-order valence-corrected chi connectivity index (χ3v) is 5.09. The van der Waals surface area contributed by atoms with Crippen LogP contribution in [0.1, 0.15) is 26.6 Å². The molecule has 0 aliphatic rings. The van der Waals surface area contributed by atoms with E-state index in [-0.39, 0.29) is 6.54 Å². The molecule has 0 saturated carbocycles. The zero-order valence-electron chi connectivity index (χ0n) is 11.7. The zero-order chi connectivity index (χ0) is 14.7. The van der Waals surface area contributed by atoms with Crippen LogP contribution in [0.2, 0.25) is 0 Å². The van der Waals surface area contributed by atoms with Crippen molar-refractivity contribution in [3.8, 4) is 0 Å². The van der Waals surface area contributed by atoms with Crippen molar-refractivity contribution in [2.75, 3.05) is 23.5 Å². The summed E-state index contributed by atoms with van der Waals surface area (Å²) in [6.45, 7) is 5.52. The van der Waals surface area contributed by atoms with E-state index in [1.165, 1.54) is 6.26 Å². The zero-order valence-corrected chi connectivity index (χ0v) is 12.5. The third-order valence-electron chi connectivity index (χ3n) is 2.94. The van der Waals surface area contributed by atoms with Gasteiger partial charge < -0.3 is 10.7 Å². The topological polar surface area (TPSA) is 110 Å². The van der Waals surface area contributed by atoms with Gasteiger partial charge in [0.2, 0.25) is 0 Å². The molecule has 0 saturated heterocycles. The molecule has 0 fully saturated rings. The number of hydrazine groups is 1. The largest absolute Gasteiger partial charge is 0.368 e. The monoisotopic (exact) mass is 287 g/mol. The predicted octanol–water partition coefficient (Wildman–Crippen LogP) is 0.560. The maximum absolute atomic E-state index is 11.6. The van der Waals surface area contributed by atoms with E-state index in [4.69, 9.17) is 5.84 Å². The van der Waals surface area contributed by atoms with Gasteiger partial charge in [-0.3, -0.25) is 0 Å². The van der Waals surface area contributed by atoms with Crippen LogP contribution in [-0.4, -0.2) is 35.9 Å². The summed E-state index contributed by atoms with van der Waals surface area (Å²) in [6, 6.07) is 1.64. The highest BCUT2D eigenvalue weighted by molar-refractivity contribution is 7.92. The van der Waals surface area contributed by atoms with Gasteiger partial charge in [-0.25, -0.2) is 24.2 Å². The van der Waals surface area contributed by atoms with Crippen molar-refractivity contribution in [3.63, 3.8) is 0 Å². The highest BCUT2D eigenvalue weighted by atomic mass is 32.2. The molecule has 1 aromatic heterocycles. The van der Waals surface area contributed by atoms with Gasteiger partial charge in [0.1, 0.15) is 17.5 Å². The molecule has 108 valence electrons. The van der Waals surface area contributed by atoms with Crippen LogP contribution in [0.15, 0.2) is 6.07 Å². The van der Waals surface area contributed by atoms with Crippen LogP contribution >= 0.6 is 0 Å². The molecule has 0 aliphatic carbocycles. The van der Waals surface area contributed by atoms with Gasteiger partial charge in [0.25, 0.3) is 0 Å². The van der Waals surface area contributed by atoms with Crippen molar-refractivity contribution < 1.29 is 8.42 Å². The first kappa shape index (κ1) is 15.6. The summed E-state index contributed by atoms with van der Waals surface area (Å²) in [7, 11) is -3.15. The number of nitrogens with two attached hydrogens (primary N) is 1. The SMILES string of the molecule is CCc1nc(NN)cc(NCC(C)(C)S(C)(=O)=O)n1. The number of anilines is 2. The van der Waals surface area contributed by atoms with E-state index in [1.807, 2.05) is 6.92 Å². The minimum Gasteiger partial charge on any atom is -0.368 e. The van der Waals surface area contributed by atoms with Crippen LogP contribution < -0.4 is 16.6 Å². The Morgan fingerprint density at radius 2 is 1.89 bits per heavy atom. The Bertz CT molecular complexity index is 520. The van der Waals surface area contributed by atoms with Crippen LogP contribution in [0, 0.1) is 0 Å². The fourth-order valence-corrected chi connectivity index (χ4v) is 1.59. The highest BCUT2D eigenvalue weighted by Gasteiger charge is 2.29. The van der Waals surface area contributed by atoms with E-state index in [1.54, 1.807) is 19.9 Å². The highest BCUT2D eigenvalue weighted by Crippen LogP contribution is 2.17. The van der Waals surface area contributed by atoms with Crippen molar-refractivity contribution in [2.24, 2.45) is 5.84 Å². The van der Waals surface area contributed by atoms with Crippen LogP contribution in [0.25, 0.3) is 0 Å². The smallest absolute Gasteiger partial charge is 0.154 e. The number of hydrogen-bond acceptors (Lipinski definition) is 7. The predicted molar refractivity (Wildman–Crippen MR) is 76.6 cm³/mol. The molecule has 0 atom stereocenters. The van der Waals surface area contributed by atoms with Gasteiger partial charge in [0, 0.05) is 25.3 Å². The van der Waals surface area contributed by atoms with E-state index in [2.05, 4.69) is 20.7 Å². The lowest BCUT2D eigenvalue weighted by molar-refractivity contribution is 0.559. The van der Waals surface area contributed by atoms with Crippen LogP contribution in [0.3, 0.4) is 0 Å². The molecule has 7 nitrogen and oxygen atoms in total. The molecule has 0 radical (unpaired) electrons. The summed E-state index contributed by atoms with van der Waals surface area (Å²) in [5.74, 6) is 7.01. The van der Waals surface area contributed by atoms with Gasteiger partial charge in [-0.2, -0.15) is 0 Å². The Kier molecular flexibility index (Phi) is 4.70. The third kappa shape index (κ3) is 4.03. The van der Waals surface area contributed by atoms with Gasteiger partial charge in [-0.1, -0.05) is 6.92 Å². The maximum atomic E-state index is 11.6. The Morgan fingerprint density at radius 1 is 1.32 bits per heavy atom. The van der Waals surface area contributed by atoms with E-state index >= 15 is 0 Å². The number of aromatic nitrogens is 2. The first-order chi connectivity index (χ1) is 8.69. The van der Waals surface area contributed by atoms with Crippen molar-refractivity contribution in [1.29, 1.82) is 0 Å². The Balaban J connectivity index is 2.89. The first-order valence-electron chi connectivity index (χ1n) is 5.97. The van der Waals surface area contributed by atoms with Crippen molar-refractivity contribution in [1.82, 2.24) is 9.97 Å². The van der Waals surface area contributed by atoms with Crippen molar-refractivity contribution in [2.45, 2.75) is 31.9 Å². The number of sulfone groups is 1. The van der Waals surface area contributed by atoms with Crippen LogP contribution in [-0.2, 0) is 16.3 Å². The fourth-order valence-electron chi connectivity index (χ4n) is 1.25. The molecule has 1 rings (SSSR count). The summed E-state index contributed by atoms with van der Waals surface area (Å²) in [5.41, 5.74) is 2.46. The fraction of sp³-hybridized carbons (Fsp3) is 0.636. The second-order valence-corrected chi connectivity index (χ2v) is 7.59. The molecule has 1 aromatic rings. The van der Waals surface area contributed by atoms with E-state index in [0.717, 1.165) is 0 Å². The standard InChI is InChI=1S/C11H21N5O2S/c1-5-8-14-9(6-10(15-8)16-12)13-7-11(2,3)19(4,17)18/h6H,5,7,12H2,1-4H3,(H2,13,14,15,16). The van der Waals surface area contributed by atoms with Crippen molar-refractivity contribution in [3.05, 3.63) is 11.9 Å². The second kappa shape index (κ2) is 5.70. The lowest BCUT2D eigenvalue weighted by Gasteiger charge is -2.23. The number of rotatable bonds is 6. The van der Waals surface area contributed by atoms with Gasteiger partial charge in [-0.15, -0.1) is 0 Å². The molecule has 4 N–H and O–H groups in total. The van der Waals surface area contributed by atoms with Gasteiger partial charge in [-0.05, 0) is 13.8 Å². The minimum atomic E-state index is -3.15. The van der Waals surface area contributed by atoms with E-state index in [9.17, 15) is 8.42 Å². The van der Waals surface area contributed by atoms with Gasteiger partial charge in [0.15, 0.2) is 9.84 Å². The summed E-state index contributed by atoms with van der Waals surface area (Å²) in [5, 5.41) is 3.02. The maximum Gasteiger partial charge on any atom is 0.154 e. The Hall–Kier alpha value is -1.41. The molecular formula is C11H21N5O2S. The molecule has 8 heteroatoms. The number of nitrogens with zero attached hydrogens (tertiary/aromatic N) is 2. The number of aryl methyl sites for hydroxylation is 1. The molecular weight excluding hydrogens is 266 g/mol. The molecule has 19 heavy (non-hydrogen) atoms. The first-order valence-corrected chi connectivity index (χ1v) is 7.87. The molecule has 0 aromatic carbocycles.